The summed E-state index contributed by atoms with van der Waals surface area (Å²) in [6.45, 7) is 6.90. The van der Waals surface area contributed by atoms with Gasteiger partial charge in [-0.15, -0.1) is 0 Å². The molecule has 201 valence electrons. The molecule has 2 saturated heterocycles. The van der Waals surface area contributed by atoms with Gasteiger partial charge in [0.1, 0.15) is 0 Å². The van der Waals surface area contributed by atoms with Crippen LogP contribution in [0.15, 0.2) is 0 Å². The summed E-state index contributed by atoms with van der Waals surface area (Å²) in [5.74, 6) is 1.98. The molecule has 0 atom stereocenters. The number of hydrogen-bond donors (Lipinski definition) is 0. The maximum atomic E-state index is 5.85. The minimum absolute atomic E-state index is 0.320. The van der Waals surface area contributed by atoms with Gasteiger partial charge < -0.3 is 9.64 Å². The van der Waals surface area contributed by atoms with Crippen molar-refractivity contribution >= 4 is 0 Å². The van der Waals surface area contributed by atoms with E-state index in [2.05, 4.69) is 28.8 Å². The van der Waals surface area contributed by atoms with Crippen LogP contribution in [0.5, 0.6) is 0 Å². The molecular weight excluding hydrogens is 430 g/mol. The molecule has 5 rings (SSSR count). The Bertz CT molecular complexity index is 634. The highest BCUT2D eigenvalue weighted by atomic mass is 16.5. The second-order valence-corrected chi connectivity index (χ2v) is 13.3. The van der Waals surface area contributed by atoms with Gasteiger partial charge in [-0.3, -0.25) is 9.80 Å². The summed E-state index contributed by atoms with van der Waals surface area (Å²) in [6, 6.07) is 0. The van der Waals surface area contributed by atoms with Gasteiger partial charge >= 0.3 is 0 Å². The van der Waals surface area contributed by atoms with Crippen molar-refractivity contribution in [3.63, 3.8) is 0 Å². The molecule has 2 aliphatic heterocycles. The molecule has 4 heteroatoms. The van der Waals surface area contributed by atoms with E-state index in [-0.39, 0.29) is 0 Å². The second-order valence-electron chi connectivity index (χ2n) is 13.3. The Balaban J connectivity index is 1.49. The van der Waals surface area contributed by atoms with Crippen molar-refractivity contribution < 1.29 is 4.74 Å². The fraction of sp³-hybridized carbons (Fsp3) is 0.968. The Morgan fingerprint density at radius 1 is 0.571 bits per heavy atom. The first-order valence-electron chi connectivity index (χ1n) is 15.7. The standard InChI is InChI=1S/C31H56N3O/c1-32(2)31(18-8-4-9-19-31)28(26-29(16-10-11-17-29)33-20-12-5-13-21-33)27-30(14-6-3-7-15-30)34-22-24-35-25-23-34/h3-27H2,1-2H3. The first-order chi connectivity index (χ1) is 17.1. The average Bonchev–Trinajstić information content (AvgIpc) is 3.40. The van der Waals surface area contributed by atoms with Gasteiger partial charge in [-0.1, -0.05) is 57.8 Å². The predicted molar refractivity (Wildman–Crippen MR) is 147 cm³/mol. The Hall–Kier alpha value is -0.160. The van der Waals surface area contributed by atoms with E-state index >= 15 is 0 Å². The normalized spacial score (nSPS) is 30.2. The van der Waals surface area contributed by atoms with E-state index in [9.17, 15) is 0 Å². The van der Waals surface area contributed by atoms with Gasteiger partial charge in [0.15, 0.2) is 0 Å². The minimum Gasteiger partial charge on any atom is -0.379 e. The topological polar surface area (TPSA) is 19.0 Å². The summed E-state index contributed by atoms with van der Waals surface area (Å²) in [7, 11) is 4.85. The molecule has 0 N–H and O–H groups in total. The monoisotopic (exact) mass is 486 g/mol. The van der Waals surface area contributed by atoms with Crippen molar-refractivity contribution in [1.82, 2.24) is 14.7 Å². The largest absolute Gasteiger partial charge is 0.379 e. The van der Waals surface area contributed by atoms with Crippen LogP contribution in [0.3, 0.4) is 0 Å². The van der Waals surface area contributed by atoms with Crippen molar-refractivity contribution in [3.05, 3.63) is 5.92 Å². The second kappa shape index (κ2) is 11.7. The molecule has 4 nitrogen and oxygen atoms in total. The summed E-state index contributed by atoms with van der Waals surface area (Å²) in [5.41, 5.74) is 1.16. The molecule has 0 aromatic heterocycles. The Morgan fingerprint density at radius 3 is 1.51 bits per heavy atom. The lowest BCUT2D eigenvalue weighted by Crippen LogP contribution is -2.61. The van der Waals surface area contributed by atoms with Crippen molar-refractivity contribution in [1.29, 1.82) is 0 Å². The maximum Gasteiger partial charge on any atom is 0.0594 e. The molecule has 3 aliphatic carbocycles. The molecule has 1 radical (unpaired) electrons. The van der Waals surface area contributed by atoms with Gasteiger partial charge in [-0.25, -0.2) is 0 Å². The van der Waals surface area contributed by atoms with E-state index in [1.807, 2.05) is 5.92 Å². The quantitative estimate of drug-likeness (QED) is 0.393. The van der Waals surface area contributed by atoms with E-state index in [1.165, 1.54) is 135 Å². The fourth-order valence-electron chi connectivity index (χ4n) is 9.30. The van der Waals surface area contributed by atoms with Crippen LogP contribution >= 0.6 is 0 Å². The lowest BCUT2D eigenvalue weighted by molar-refractivity contribution is -0.0485. The van der Waals surface area contributed by atoms with Crippen LogP contribution in [-0.2, 0) is 4.74 Å². The molecule has 0 unspecified atom stereocenters. The lowest BCUT2D eigenvalue weighted by atomic mass is 9.61. The van der Waals surface area contributed by atoms with Gasteiger partial charge in [-0.2, -0.15) is 0 Å². The van der Waals surface area contributed by atoms with Crippen LogP contribution in [0.25, 0.3) is 0 Å². The summed E-state index contributed by atoms with van der Waals surface area (Å²) < 4.78 is 5.85. The number of morpholine rings is 1. The molecule has 2 heterocycles. The van der Waals surface area contributed by atoms with Gasteiger partial charge in [0.05, 0.1) is 13.2 Å². The molecule has 0 bridgehead atoms. The molecule has 5 aliphatic rings. The van der Waals surface area contributed by atoms with Gasteiger partial charge in [-0.05, 0) is 97.3 Å². The van der Waals surface area contributed by atoms with Gasteiger partial charge in [0.25, 0.3) is 0 Å². The van der Waals surface area contributed by atoms with Gasteiger partial charge in [0, 0.05) is 29.7 Å². The highest BCUT2D eigenvalue weighted by Crippen LogP contribution is 2.53. The SMILES string of the molecule is CN(C)C1([C](CC2(N3CCCCC3)CCCC2)CC2(N3CCOCC3)CCCCC2)CCCCC1. The number of rotatable bonds is 8. The first-order valence-corrected chi connectivity index (χ1v) is 15.7. The maximum absolute atomic E-state index is 5.85. The van der Waals surface area contributed by atoms with Crippen molar-refractivity contribution in [2.45, 2.75) is 139 Å². The van der Waals surface area contributed by atoms with Crippen LogP contribution in [0.4, 0.5) is 0 Å². The highest BCUT2D eigenvalue weighted by Gasteiger charge is 2.52. The molecule has 0 amide bonds. The number of nitrogens with zero attached hydrogens (tertiary/aromatic N) is 3. The molecule has 5 fully saturated rings. The highest BCUT2D eigenvalue weighted by molar-refractivity contribution is 5.22. The molecule has 35 heavy (non-hydrogen) atoms. The third-order valence-corrected chi connectivity index (χ3v) is 11.3. The zero-order valence-electron chi connectivity index (χ0n) is 23.4. The average molecular weight is 487 g/mol. The van der Waals surface area contributed by atoms with Crippen molar-refractivity contribution in [3.8, 4) is 0 Å². The summed E-state index contributed by atoms with van der Waals surface area (Å²) >= 11 is 0. The molecule has 0 spiro atoms. The van der Waals surface area contributed by atoms with E-state index in [4.69, 9.17) is 4.74 Å². The molecular formula is C31H56N3O. The van der Waals surface area contributed by atoms with Gasteiger partial charge in [0.2, 0.25) is 0 Å². The van der Waals surface area contributed by atoms with E-state index in [0.29, 0.717) is 16.6 Å². The van der Waals surface area contributed by atoms with E-state index in [1.54, 1.807) is 0 Å². The van der Waals surface area contributed by atoms with Crippen LogP contribution in [0, 0.1) is 5.92 Å². The van der Waals surface area contributed by atoms with Crippen LogP contribution in [0.2, 0.25) is 0 Å². The molecule has 0 aromatic rings. The minimum atomic E-state index is 0.320. The van der Waals surface area contributed by atoms with Crippen LogP contribution in [0.1, 0.15) is 122 Å². The Morgan fingerprint density at radius 2 is 1.00 bits per heavy atom. The smallest absolute Gasteiger partial charge is 0.0594 e. The van der Waals surface area contributed by atoms with E-state index in [0.717, 1.165) is 26.3 Å². The van der Waals surface area contributed by atoms with Crippen LogP contribution in [-0.4, -0.2) is 84.8 Å². The zero-order valence-corrected chi connectivity index (χ0v) is 23.4. The summed E-state index contributed by atoms with van der Waals surface area (Å²) in [5, 5.41) is 0. The lowest BCUT2D eigenvalue weighted by Gasteiger charge is -2.57. The zero-order chi connectivity index (χ0) is 24.2. The van der Waals surface area contributed by atoms with E-state index < -0.39 is 0 Å². The Labute approximate surface area is 217 Å². The Kier molecular flexibility index (Phi) is 8.84. The number of hydrogen-bond acceptors (Lipinski definition) is 4. The third-order valence-electron chi connectivity index (χ3n) is 11.3. The fourth-order valence-corrected chi connectivity index (χ4v) is 9.30. The third kappa shape index (κ3) is 5.52. The first kappa shape index (κ1) is 26.4. The predicted octanol–water partition coefficient (Wildman–Crippen LogP) is 6.44. The van der Waals surface area contributed by atoms with Crippen LogP contribution < -0.4 is 0 Å². The molecule has 3 saturated carbocycles. The molecule has 0 aromatic carbocycles. The number of piperidine rings is 1. The summed E-state index contributed by atoms with van der Waals surface area (Å²) in [6.07, 6.45) is 27.0. The number of likely N-dealkylation sites (tertiary alicyclic amines) is 1. The summed E-state index contributed by atoms with van der Waals surface area (Å²) in [4.78, 5) is 8.64. The van der Waals surface area contributed by atoms with Crippen molar-refractivity contribution in [2.75, 3.05) is 53.5 Å². The van der Waals surface area contributed by atoms with Crippen molar-refractivity contribution in [2.24, 2.45) is 0 Å². The number of ether oxygens (including phenoxy) is 1.